The van der Waals surface area contributed by atoms with Gasteiger partial charge >= 0.3 is 8.07 Å². The smallest absolute Gasteiger partial charge is 0.370 e. The molecular weight excluding hydrogens is 356 g/mol. The lowest BCUT2D eigenvalue weighted by Gasteiger charge is -2.27. The first-order chi connectivity index (χ1) is 13.2. The van der Waals surface area contributed by atoms with Gasteiger partial charge in [0.1, 0.15) is 0 Å². The highest BCUT2D eigenvalue weighted by molar-refractivity contribution is 7.37. The zero-order valence-corrected chi connectivity index (χ0v) is 17.1. The van der Waals surface area contributed by atoms with E-state index in [4.69, 9.17) is 9.47 Å². The normalized spacial score (nSPS) is 11.0. The number of unbranched alkanes of at least 4 members (excludes halogenated alkanes) is 2. The van der Waals surface area contributed by atoms with E-state index in [1.54, 1.807) is 0 Å². The first-order valence-electron chi connectivity index (χ1n) is 9.63. The van der Waals surface area contributed by atoms with Crippen LogP contribution in [0.1, 0.15) is 39.5 Å². The van der Waals surface area contributed by atoms with Crippen LogP contribution in [0.15, 0.2) is 60.7 Å². The molecule has 2 aromatic carbocycles. The van der Waals surface area contributed by atoms with Crippen molar-refractivity contribution >= 4 is 29.6 Å². The van der Waals surface area contributed by atoms with Gasteiger partial charge in [-0.3, -0.25) is 9.59 Å². The Labute approximate surface area is 162 Å². The Kier molecular flexibility index (Phi) is 8.26. The molecule has 5 heteroatoms. The summed E-state index contributed by atoms with van der Waals surface area (Å²) in [5, 5.41) is 1.39. The van der Waals surface area contributed by atoms with Crippen molar-refractivity contribution in [1.29, 1.82) is 0 Å². The average molecular weight is 385 g/mol. The molecule has 144 valence electrons. The highest BCUT2D eigenvalue weighted by Gasteiger charge is 2.56. The summed E-state index contributed by atoms with van der Waals surface area (Å²) in [5.41, 5.74) is -0.898. The number of hydrogen-bond acceptors (Lipinski definition) is 4. The van der Waals surface area contributed by atoms with Gasteiger partial charge < -0.3 is 9.47 Å². The van der Waals surface area contributed by atoms with Gasteiger partial charge in [0, 0.05) is 0 Å². The molecule has 0 aromatic heterocycles. The standard InChI is InChI=1S/C22H28O4Si/c1-3-5-17-25-21(23)27(19-13-9-7-10-14-19,20-15-11-8-12-16-20)22(24)26-18-6-4-2/h7-16H,3-6,17-18H2,1-2H3. The van der Waals surface area contributed by atoms with Gasteiger partial charge in [-0.2, -0.15) is 0 Å². The van der Waals surface area contributed by atoms with E-state index in [-0.39, 0.29) is 0 Å². The first-order valence-corrected chi connectivity index (χ1v) is 11.6. The highest BCUT2D eigenvalue weighted by Crippen LogP contribution is 2.14. The zero-order valence-electron chi connectivity index (χ0n) is 16.1. The van der Waals surface area contributed by atoms with Crippen LogP contribution in [0.5, 0.6) is 0 Å². The lowest BCUT2D eigenvalue weighted by molar-refractivity contribution is 0.160. The summed E-state index contributed by atoms with van der Waals surface area (Å²) in [4.78, 5) is 26.7. The predicted molar refractivity (Wildman–Crippen MR) is 110 cm³/mol. The van der Waals surface area contributed by atoms with Gasteiger partial charge in [0.15, 0.2) is 0 Å². The Morgan fingerprint density at radius 3 is 1.41 bits per heavy atom. The van der Waals surface area contributed by atoms with Crippen LogP contribution in [0, 0.1) is 0 Å². The second-order valence-electron chi connectivity index (χ2n) is 6.46. The van der Waals surface area contributed by atoms with Gasteiger partial charge in [0.2, 0.25) is 0 Å². The summed E-state index contributed by atoms with van der Waals surface area (Å²) in [6.45, 7) is 4.69. The van der Waals surface area contributed by atoms with Gasteiger partial charge in [0.25, 0.3) is 11.2 Å². The van der Waals surface area contributed by atoms with E-state index in [1.165, 1.54) is 0 Å². The zero-order chi connectivity index (χ0) is 19.5. The van der Waals surface area contributed by atoms with E-state index in [0.717, 1.165) is 25.7 Å². The summed E-state index contributed by atoms with van der Waals surface area (Å²) in [6.07, 6.45) is 3.37. The van der Waals surface area contributed by atoms with Crippen LogP contribution in [-0.4, -0.2) is 32.5 Å². The van der Waals surface area contributed by atoms with Crippen LogP contribution >= 0.6 is 0 Å². The summed E-state index contributed by atoms with van der Waals surface area (Å²) in [6, 6.07) is 18.5. The maximum absolute atomic E-state index is 13.4. The third kappa shape index (κ3) is 4.86. The maximum Gasteiger partial charge on any atom is 0.370 e. The molecule has 0 amide bonds. The van der Waals surface area contributed by atoms with Crippen LogP contribution in [-0.2, 0) is 9.47 Å². The fraction of sp³-hybridized carbons (Fsp3) is 0.364. The molecule has 0 fully saturated rings. The molecule has 2 aromatic rings. The number of carbonyl (C=O) groups excluding carboxylic acids is 2. The Morgan fingerprint density at radius 1 is 0.704 bits per heavy atom. The molecule has 0 heterocycles. The van der Waals surface area contributed by atoms with Gasteiger partial charge in [-0.25, -0.2) is 0 Å². The second kappa shape index (κ2) is 10.7. The van der Waals surface area contributed by atoms with E-state index in [1.807, 2.05) is 74.5 Å². The minimum absolute atomic E-state index is 0.311. The lowest BCUT2D eigenvalue weighted by Crippen LogP contribution is -2.70. The molecule has 0 unspecified atom stereocenters. The van der Waals surface area contributed by atoms with E-state index in [0.29, 0.717) is 23.6 Å². The topological polar surface area (TPSA) is 52.6 Å². The fourth-order valence-corrected chi connectivity index (χ4v) is 6.40. The van der Waals surface area contributed by atoms with Crippen LogP contribution < -0.4 is 10.4 Å². The summed E-state index contributed by atoms with van der Waals surface area (Å²) >= 11 is 0. The molecule has 0 saturated heterocycles. The Morgan fingerprint density at radius 2 is 1.07 bits per heavy atom. The van der Waals surface area contributed by atoms with E-state index < -0.39 is 19.3 Å². The van der Waals surface area contributed by atoms with Crippen LogP contribution in [0.4, 0.5) is 9.59 Å². The number of hydrogen-bond donors (Lipinski definition) is 0. The molecule has 0 radical (unpaired) electrons. The molecule has 0 aliphatic rings. The van der Waals surface area contributed by atoms with E-state index in [9.17, 15) is 9.59 Å². The van der Waals surface area contributed by atoms with E-state index in [2.05, 4.69) is 0 Å². The second-order valence-corrected chi connectivity index (χ2v) is 9.93. The Bertz CT molecular complexity index is 652. The van der Waals surface area contributed by atoms with Gasteiger partial charge in [-0.05, 0) is 23.2 Å². The van der Waals surface area contributed by atoms with Crippen molar-refractivity contribution in [2.24, 2.45) is 0 Å². The molecule has 27 heavy (non-hydrogen) atoms. The number of carbonyl (C=O) groups is 2. The van der Waals surface area contributed by atoms with Crippen LogP contribution in [0.3, 0.4) is 0 Å². The number of ether oxygens (including phenoxy) is 2. The highest BCUT2D eigenvalue weighted by atomic mass is 28.3. The first kappa shape index (κ1) is 20.9. The molecule has 0 N–H and O–H groups in total. The van der Waals surface area contributed by atoms with Crippen molar-refractivity contribution in [3.63, 3.8) is 0 Å². The summed E-state index contributed by atoms with van der Waals surface area (Å²) < 4.78 is 11.2. The maximum atomic E-state index is 13.4. The minimum Gasteiger partial charge on any atom is -0.469 e. The number of benzene rings is 2. The lowest BCUT2D eigenvalue weighted by atomic mass is 10.4. The largest absolute Gasteiger partial charge is 0.469 e. The van der Waals surface area contributed by atoms with Crippen molar-refractivity contribution in [3.8, 4) is 0 Å². The predicted octanol–water partition coefficient (Wildman–Crippen LogP) is 4.29. The van der Waals surface area contributed by atoms with Crippen molar-refractivity contribution in [2.45, 2.75) is 39.5 Å². The molecule has 0 aliphatic carbocycles. The van der Waals surface area contributed by atoms with Crippen molar-refractivity contribution in [1.82, 2.24) is 0 Å². The Balaban J connectivity index is 2.54. The molecule has 2 rings (SSSR count). The molecule has 0 bridgehead atoms. The molecule has 0 atom stereocenters. The third-order valence-electron chi connectivity index (χ3n) is 4.49. The molecule has 0 spiro atoms. The van der Waals surface area contributed by atoms with Crippen LogP contribution in [0.2, 0.25) is 0 Å². The minimum atomic E-state index is -3.58. The summed E-state index contributed by atoms with van der Waals surface area (Å²) in [5.74, 6) is 0. The molecule has 0 saturated carbocycles. The monoisotopic (exact) mass is 384 g/mol. The average Bonchev–Trinajstić information content (AvgIpc) is 2.71. The van der Waals surface area contributed by atoms with Crippen molar-refractivity contribution in [2.75, 3.05) is 13.2 Å². The number of rotatable bonds is 10. The fourth-order valence-electron chi connectivity index (χ4n) is 2.93. The molecule has 0 aliphatic heterocycles. The van der Waals surface area contributed by atoms with Crippen LogP contribution in [0.25, 0.3) is 0 Å². The van der Waals surface area contributed by atoms with Crippen molar-refractivity contribution < 1.29 is 19.1 Å². The SMILES string of the molecule is CCCCOC(=O)[Si](C(=O)OCCCC)(c1ccccc1)c1ccccc1. The quantitative estimate of drug-likeness (QED) is 0.453. The van der Waals surface area contributed by atoms with Gasteiger partial charge in [-0.15, -0.1) is 0 Å². The molecule has 4 nitrogen and oxygen atoms in total. The summed E-state index contributed by atoms with van der Waals surface area (Å²) in [7, 11) is -3.58. The van der Waals surface area contributed by atoms with Crippen molar-refractivity contribution in [3.05, 3.63) is 60.7 Å². The molecular formula is C22H28O4Si. The van der Waals surface area contributed by atoms with E-state index >= 15 is 0 Å². The van der Waals surface area contributed by atoms with Gasteiger partial charge in [0.05, 0.1) is 13.2 Å². The Hall–Kier alpha value is -2.40. The third-order valence-corrected chi connectivity index (χ3v) is 8.40. The van der Waals surface area contributed by atoms with Gasteiger partial charge in [-0.1, -0.05) is 87.4 Å².